The predicted octanol–water partition coefficient (Wildman–Crippen LogP) is 3.48. The Kier molecular flexibility index (Phi) is 3.73. The van der Waals surface area contributed by atoms with Crippen molar-refractivity contribution in [1.29, 1.82) is 0 Å². The number of benzene rings is 1. The maximum atomic E-state index is 10.8. The van der Waals surface area contributed by atoms with Gasteiger partial charge in [-0.15, -0.1) is 0 Å². The predicted molar refractivity (Wildman–Crippen MR) is 106 cm³/mol. The van der Waals surface area contributed by atoms with E-state index < -0.39 is 6.10 Å². The smallest absolute Gasteiger partial charge is 0.138 e. The van der Waals surface area contributed by atoms with Crippen LogP contribution in [0.2, 0.25) is 0 Å². The number of rotatable bonds is 3. The molecule has 2 bridgehead atoms. The third-order valence-electron chi connectivity index (χ3n) is 8.26. The zero-order valence-corrected chi connectivity index (χ0v) is 16.5. The summed E-state index contributed by atoms with van der Waals surface area (Å²) in [6.45, 7) is 1.69. The van der Waals surface area contributed by atoms with Gasteiger partial charge in [0.1, 0.15) is 30.3 Å². The highest BCUT2D eigenvalue weighted by atomic mass is 16.5. The summed E-state index contributed by atoms with van der Waals surface area (Å²) in [6, 6.07) is 10.9. The van der Waals surface area contributed by atoms with Crippen LogP contribution in [0.3, 0.4) is 0 Å². The molecule has 1 spiro atoms. The monoisotopic (exact) mass is 379 g/mol. The number of nitrogens with zero attached hydrogens (tertiary/aromatic N) is 1. The van der Waals surface area contributed by atoms with Gasteiger partial charge in [0.25, 0.3) is 0 Å². The summed E-state index contributed by atoms with van der Waals surface area (Å²) in [5.74, 6) is 3.65. The summed E-state index contributed by atoms with van der Waals surface area (Å²) >= 11 is 0. The van der Waals surface area contributed by atoms with E-state index in [9.17, 15) is 5.11 Å². The van der Waals surface area contributed by atoms with Crippen molar-refractivity contribution >= 4 is 0 Å². The lowest BCUT2D eigenvalue weighted by molar-refractivity contribution is -0.130. The lowest BCUT2D eigenvalue weighted by atomic mass is 9.47. The molecule has 0 amide bonds. The fraction of sp³-hybridized carbons (Fsp3) is 0.583. The van der Waals surface area contributed by atoms with E-state index in [4.69, 9.17) is 9.47 Å². The van der Waals surface area contributed by atoms with Gasteiger partial charge in [-0.2, -0.15) is 0 Å². The van der Waals surface area contributed by atoms with Gasteiger partial charge in [0.15, 0.2) is 0 Å². The number of allylic oxidation sites excluding steroid dienone is 2. The number of aliphatic hydroxyl groups is 1. The number of likely N-dealkylation sites (tertiary alicyclic amines) is 1. The second-order valence-corrected chi connectivity index (χ2v) is 9.42. The summed E-state index contributed by atoms with van der Waals surface area (Å²) in [7, 11) is 2.27. The number of piperidine rings is 1. The molecule has 1 aromatic carbocycles. The number of ether oxygens (including phenoxy) is 2. The molecule has 0 aromatic heterocycles. The van der Waals surface area contributed by atoms with Crippen LogP contribution in [0.1, 0.15) is 31.2 Å². The molecule has 3 aliphatic carbocycles. The van der Waals surface area contributed by atoms with E-state index in [1.807, 2.05) is 12.1 Å². The molecule has 148 valence electrons. The minimum absolute atomic E-state index is 0.0470. The molecule has 5 aliphatic rings. The SMILES string of the molecule is CN1CC[C@@]23C4C5=C(OCc6ccccc6)CCC4C[C@@H]1[C@@H]2C=C[C@H](O)[C@@H]3O5. The highest BCUT2D eigenvalue weighted by molar-refractivity contribution is 5.33. The molecule has 2 heterocycles. The van der Waals surface area contributed by atoms with Crippen molar-refractivity contribution in [3.63, 3.8) is 0 Å². The van der Waals surface area contributed by atoms with Crippen molar-refractivity contribution in [2.45, 2.75) is 50.5 Å². The van der Waals surface area contributed by atoms with Crippen molar-refractivity contribution in [3.05, 3.63) is 59.6 Å². The van der Waals surface area contributed by atoms with E-state index >= 15 is 0 Å². The average Bonchev–Trinajstić information content (AvgIpc) is 3.07. The molecule has 0 radical (unpaired) electrons. The van der Waals surface area contributed by atoms with E-state index in [2.05, 4.69) is 42.3 Å². The van der Waals surface area contributed by atoms with E-state index in [1.165, 1.54) is 18.4 Å². The van der Waals surface area contributed by atoms with Crippen molar-refractivity contribution in [2.75, 3.05) is 13.6 Å². The molecule has 2 unspecified atom stereocenters. The summed E-state index contributed by atoms with van der Waals surface area (Å²) < 4.78 is 12.9. The Hall–Kier alpha value is -1.78. The molecule has 2 saturated heterocycles. The fourth-order valence-electron chi connectivity index (χ4n) is 7.08. The second kappa shape index (κ2) is 6.11. The Morgan fingerprint density at radius 2 is 2.11 bits per heavy atom. The first-order chi connectivity index (χ1) is 13.7. The van der Waals surface area contributed by atoms with Gasteiger partial charge >= 0.3 is 0 Å². The Labute approximate surface area is 166 Å². The molecule has 3 fully saturated rings. The van der Waals surface area contributed by atoms with Crippen molar-refractivity contribution in [2.24, 2.45) is 23.2 Å². The van der Waals surface area contributed by atoms with Gasteiger partial charge in [0, 0.05) is 29.7 Å². The number of hydrogen-bond donors (Lipinski definition) is 1. The van der Waals surface area contributed by atoms with Gasteiger partial charge in [-0.3, -0.25) is 0 Å². The van der Waals surface area contributed by atoms with Crippen LogP contribution >= 0.6 is 0 Å². The zero-order chi connectivity index (χ0) is 18.9. The third-order valence-corrected chi connectivity index (χ3v) is 8.26. The number of aliphatic hydroxyl groups excluding tert-OH is 1. The molecule has 1 N–H and O–H groups in total. The Balaban J connectivity index is 1.39. The Morgan fingerprint density at radius 3 is 2.96 bits per heavy atom. The Morgan fingerprint density at radius 1 is 1.25 bits per heavy atom. The van der Waals surface area contributed by atoms with E-state index in [0.717, 1.165) is 30.9 Å². The average molecular weight is 380 g/mol. The first-order valence-electron chi connectivity index (χ1n) is 10.8. The van der Waals surface area contributed by atoms with Gasteiger partial charge < -0.3 is 19.5 Å². The maximum absolute atomic E-state index is 10.8. The highest BCUT2D eigenvalue weighted by Gasteiger charge is 2.69. The van der Waals surface area contributed by atoms with Crippen LogP contribution < -0.4 is 0 Å². The lowest BCUT2D eigenvalue weighted by Crippen LogP contribution is -2.65. The second-order valence-electron chi connectivity index (χ2n) is 9.42. The quantitative estimate of drug-likeness (QED) is 0.817. The van der Waals surface area contributed by atoms with Crippen LogP contribution in [0.4, 0.5) is 0 Å². The van der Waals surface area contributed by atoms with Gasteiger partial charge in [-0.25, -0.2) is 0 Å². The molecule has 1 aromatic rings. The largest absolute Gasteiger partial charge is 0.490 e. The van der Waals surface area contributed by atoms with Crippen LogP contribution in [0.25, 0.3) is 0 Å². The summed E-state index contributed by atoms with van der Waals surface area (Å²) in [5.41, 5.74) is 1.24. The van der Waals surface area contributed by atoms with Gasteiger partial charge in [0.05, 0.1) is 0 Å². The third kappa shape index (κ3) is 2.19. The molecule has 4 heteroatoms. The van der Waals surface area contributed by atoms with Crippen LogP contribution in [0.15, 0.2) is 54.0 Å². The van der Waals surface area contributed by atoms with E-state index in [0.29, 0.717) is 30.4 Å². The standard InChI is InChI=1S/C24H29NO3/c1-25-12-11-24-17-8-9-19(26)23(24)28-22-20(27-14-15-5-3-2-4-6-15)10-7-16(21(22)24)13-18(17)25/h2-6,8-9,16-19,21,23,26H,7,10-14H2,1H3/t16?,17-,18+,19-,21?,23-,24-/m0/s1. The Bertz CT molecular complexity index is 834. The first-order valence-corrected chi connectivity index (χ1v) is 10.8. The van der Waals surface area contributed by atoms with Crippen LogP contribution in [-0.4, -0.2) is 41.8 Å². The summed E-state index contributed by atoms with van der Waals surface area (Å²) in [5, 5.41) is 10.8. The summed E-state index contributed by atoms with van der Waals surface area (Å²) in [4.78, 5) is 2.55. The topological polar surface area (TPSA) is 41.9 Å². The van der Waals surface area contributed by atoms with Gasteiger partial charge in [-0.1, -0.05) is 42.5 Å². The minimum atomic E-state index is -0.507. The normalized spacial score (nSPS) is 43.5. The molecular formula is C24H29NO3. The fourth-order valence-corrected chi connectivity index (χ4v) is 7.08. The van der Waals surface area contributed by atoms with Crippen LogP contribution in [-0.2, 0) is 16.1 Å². The molecule has 1 saturated carbocycles. The van der Waals surface area contributed by atoms with Crippen molar-refractivity contribution in [3.8, 4) is 0 Å². The molecule has 4 nitrogen and oxygen atoms in total. The highest BCUT2D eigenvalue weighted by Crippen LogP contribution is 2.67. The van der Waals surface area contributed by atoms with E-state index in [1.54, 1.807) is 0 Å². The first kappa shape index (κ1) is 17.1. The minimum Gasteiger partial charge on any atom is -0.490 e. The number of hydrogen-bond acceptors (Lipinski definition) is 4. The molecule has 7 atom stereocenters. The van der Waals surface area contributed by atoms with Gasteiger partial charge in [-0.05, 0) is 44.3 Å². The van der Waals surface area contributed by atoms with Crippen LogP contribution in [0.5, 0.6) is 0 Å². The van der Waals surface area contributed by atoms with Crippen LogP contribution in [0, 0.1) is 23.2 Å². The van der Waals surface area contributed by atoms with Crippen molar-refractivity contribution in [1.82, 2.24) is 4.90 Å². The zero-order valence-electron chi connectivity index (χ0n) is 16.5. The molecule has 6 rings (SSSR count). The molecule has 28 heavy (non-hydrogen) atoms. The van der Waals surface area contributed by atoms with Gasteiger partial charge in [0.2, 0.25) is 0 Å². The molecular weight excluding hydrogens is 350 g/mol. The molecule has 2 aliphatic heterocycles. The maximum Gasteiger partial charge on any atom is 0.138 e. The van der Waals surface area contributed by atoms with Crippen molar-refractivity contribution < 1.29 is 14.6 Å². The summed E-state index contributed by atoms with van der Waals surface area (Å²) in [6.07, 6.45) is 8.14. The lowest BCUT2D eigenvalue weighted by Gasteiger charge is -2.60. The van der Waals surface area contributed by atoms with E-state index in [-0.39, 0.29) is 11.5 Å².